The number of hydrogen-bond donors (Lipinski definition) is 3. The monoisotopic (exact) mass is 469 g/mol. The van der Waals surface area contributed by atoms with Crippen molar-refractivity contribution < 1.29 is 9.59 Å². The Hall–Kier alpha value is -2.48. The van der Waals surface area contributed by atoms with E-state index in [4.69, 9.17) is 11.1 Å². The fraction of sp³-hybridized carbons (Fsp3) is 0.560. The van der Waals surface area contributed by atoms with Crippen molar-refractivity contribution in [1.29, 1.82) is 5.41 Å². The molecule has 8 heteroatoms. The van der Waals surface area contributed by atoms with Crippen LogP contribution in [0.15, 0.2) is 24.3 Å². The van der Waals surface area contributed by atoms with E-state index in [1.165, 1.54) is 5.69 Å². The number of amides is 2. The number of nitrogens with zero attached hydrogens (tertiary/aromatic N) is 3. The zero-order chi connectivity index (χ0) is 23.5. The number of thiol groups is 1. The van der Waals surface area contributed by atoms with Gasteiger partial charge in [-0.2, -0.15) is 12.6 Å². The number of fused-ring (bicyclic) bond motifs is 1. The molecular weight excluding hydrogens is 434 g/mol. The summed E-state index contributed by atoms with van der Waals surface area (Å²) in [5.41, 5.74) is 8.78. The average Bonchev–Trinajstić information content (AvgIpc) is 3.54. The van der Waals surface area contributed by atoms with Crippen LogP contribution in [0.5, 0.6) is 0 Å². The number of benzene rings is 1. The largest absolute Gasteiger partial charge is 0.384 e. The van der Waals surface area contributed by atoms with Gasteiger partial charge in [-0.15, -0.1) is 0 Å². The average molecular weight is 470 g/mol. The van der Waals surface area contributed by atoms with Crippen LogP contribution in [0.1, 0.15) is 56.7 Å². The Labute approximate surface area is 201 Å². The molecule has 2 saturated heterocycles. The number of carbonyl (C=O) groups excluding carboxylic acids is 2. The summed E-state index contributed by atoms with van der Waals surface area (Å²) in [4.78, 5) is 29.7. The number of nitrogen functional groups attached to an aromatic ring is 1. The summed E-state index contributed by atoms with van der Waals surface area (Å²) in [5, 5.41) is 8.89. The van der Waals surface area contributed by atoms with Crippen LogP contribution in [0, 0.1) is 5.41 Å². The normalized spacial score (nSPS) is 20.7. The van der Waals surface area contributed by atoms with Crippen LogP contribution in [0.3, 0.4) is 0 Å². The van der Waals surface area contributed by atoms with E-state index < -0.39 is 0 Å². The van der Waals surface area contributed by atoms with E-state index in [1.54, 1.807) is 4.90 Å². The van der Waals surface area contributed by atoms with E-state index in [9.17, 15) is 9.59 Å². The van der Waals surface area contributed by atoms with Gasteiger partial charge in [0.2, 0.25) is 11.8 Å². The van der Waals surface area contributed by atoms with Gasteiger partial charge >= 0.3 is 0 Å². The molecular formula is C25H35N5O2S. The van der Waals surface area contributed by atoms with Gasteiger partial charge < -0.3 is 20.1 Å². The van der Waals surface area contributed by atoms with Crippen molar-refractivity contribution in [3.8, 4) is 0 Å². The van der Waals surface area contributed by atoms with Crippen LogP contribution in [0.25, 0.3) is 10.9 Å². The topological polar surface area (TPSA) is 95.4 Å². The maximum absolute atomic E-state index is 13.4. The Kier molecular flexibility index (Phi) is 7.32. The lowest BCUT2D eigenvalue weighted by atomic mass is 10.1. The molecule has 2 aliphatic rings. The van der Waals surface area contributed by atoms with Gasteiger partial charge in [0, 0.05) is 48.9 Å². The first-order chi connectivity index (χ1) is 15.9. The number of carbonyl (C=O) groups is 2. The van der Waals surface area contributed by atoms with Crippen molar-refractivity contribution in [2.45, 2.75) is 70.5 Å². The summed E-state index contributed by atoms with van der Waals surface area (Å²) in [5.74, 6) is 0.775. The second kappa shape index (κ2) is 10.2. The fourth-order valence-corrected chi connectivity index (χ4v) is 5.74. The molecule has 0 aliphatic carbocycles. The van der Waals surface area contributed by atoms with Gasteiger partial charge in [0.05, 0.1) is 0 Å². The summed E-state index contributed by atoms with van der Waals surface area (Å²) in [6.45, 7) is 4.44. The van der Waals surface area contributed by atoms with Crippen molar-refractivity contribution in [2.75, 3.05) is 18.8 Å². The number of amidine groups is 1. The fourth-order valence-electron chi connectivity index (χ4n) is 5.55. The number of aryl methyl sites for hydroxylation is 2. The van der Waals surface area contributed by atoms with Crippen molar-refractivity contribution in [3.05, 3.63) is 35.5 Å². The molecule has 178 valence electrons. The molecule has 3 heterocycles. The van der Waals surface area contributed by atoms with Gasteiger partial charge in [-0.05, 0) is 68.7 Å². The number of likely N-dealkylation sites (tertiary alicyclic amines) is 2. The minimum absolute atomic E-state index is 0.0500. The Bertz CT molecular complexity index is 1050. The van der Waals surface area contributed by atoms with Crippen molar-refractivity contribution >= 4 is 41.2 Å². The van der Waals surface area contributed by atoms with Crippen LogP contribution in [0.2, 0.25) is 0 Å². The van der Waals surface area contributed by atoms with Crippen LogP contribution >= 0.6 is 12.6 Å². The predicted octanol–water partition coefficient (Wildman–Crippen LogP) is 3.18. The summed E-state index contributed by atoms with van der Waals surface area (Å²) < 4.78 is 2.29. The zero-order valence-electron chi connectivity index (χ0n) is 19.4. The third-order valence-electron chi connectivity index (χ3n) is 7.20. The first kappa shape index (κ1) is 23.7. The molecule has 2 aliphatic heterocycles. The minimum atomic E-state index is -0.301. The molecule has 2 unspecified atom stereocenters. The number of nitrogens with one attached hydrogen (secondary N) is 1. The van der Waals surface area contributed by atoms with Gasteiger partial charge in [-0.1, -0.05) is 12.1 Å². The predicted molar refractivity (Wildman–Crippen MR) is 135 cm³/mol. The number of nitrogens with two attached hydrogens (primary N) is 1. The Balaban J connectivity index is 1.47. The van der Waals surface area contributed by atoms with E-state index in [-0.39, 0.29) is 29.7 Å². The van der Waals surface area contributed by atoms with Crippen LogP contribution < -0.4 is 5.73 Å². The lowest BCUT2D eigenvalue weighted by molar-refractivity contribution is -0.144. The van der Waals surface area contributed by atoms with Crippen LogP contribution in [-0.2, 0) is 22.6 Å². The maximum atomic E-state index is 13.4. The SMILES string of the molecule is CCn1c(CCC2CCCN2C(=O)C2CCCN2C(=O)CCS)cc2ccc(C(=N)N)cc21. The smallest absolute Gasteiger partial charge is 0.245 e. The summed E-state index contributed by atoms with van der Waals surface area (Å²) in [6, 6.07) is 8.06. The highest BCUT2D eigenvalue weighted by Crippen LogP contribution is 2.29. The van der Waals surface area contributed by atoms with Gasteiger partial charge in [0.25, 0.3) is 0 Å². The summed E-state index contributed by atoms with van der Waals surface area (Å²) in [7, 11) is 0. The highest BCUT2D eigenvalue weighted by atomic mass is 32.1. The molecule has 33 heavy (non-hydrogen) atoms. The van der Waals surface area contributed by atoms with Gasteiger partial charge in [0.15, 0.2) is 0 Å². The standard InChI is InChI=1S/C25H35N5O2S/c1-2-28-20(15-17-7-8-18(24(26)27)16-22(17)28)10-9-19-5-3-12-29(19)25(32)21-6-4-13-30(21)23(31)11-14-33/h7-8,15-16,19,21,33H,2-6,9-14H2,1H3,(H3,26,27). The molecule has 0 saturated carbocycles. The lowest BCUT2D eigenvalue weighted by Gasteiger charge is -2.31. The highest BCUT2D eigenvalue weighted by molar-refractivity contribution is 7.80. The number of aromatic nitrogens is 1. The molecule has 2 atom stereocenters. The van der Waals surface area contributed by atoms with Crippen molar-refractivity contribution in [3.63, 3.8) is 0 Å². The number of rotatable bonds is 8. The lowest BCUT2D eigenvalue weighted by Crippen LogP contribution is -2.49. The second-order valence-corrected chi connectivity index (χ2v) is 9.60. The third kappa shape index (κ3) is 4.76. The molecule has 2 amide bonds. The first-order valence-corrected chi connectivity index (χ1v) is 12.7. The van der Waals surface area contributed by atoms with E-state index in [1.807, 2.05) is 23.1 Å². The maximum Gasteiger partial charge on any atom is 0.245 e. The molecule has 1 aromatic carbocycles. The molecule has 2 fully saturated rings. The van der Waals surface area contributed by atoms with Gasteiger partial charge in [0.1, 0.15) is 11.9 Å². The zero-order valence-corrected chi connectivity index (χ0v) is 20.3. The van der Waals surface area contributed by atoms with Crippen LogP contribution in [-0.4, -0.2) is 62.9 Å². The Morgan fingerprint density at radius 1 is 1.15 bits per heavy atom. The summed E-state index contributed by atoms with van der Waals surface area (Å²) >= 11 is 4.19. The van der Waals surface area contributed by atoms with Crippen molar-refractivity contribution in [1.82, 2.24) is 14.4 Å². The highest BCUT2D eigenvalue weighted by Gasteiger charge is 2.39. The van der Waals surface area contributed by atoms with E-state index in [0.717, 1.165) is 68.1 Å². The Morgan fingerprint density at radius 3 is 2.64 bits per heavy atom. The van der Waals surface area contributed by atoms with E-state index >= 15 is 0 Å². The van der Waals surface area contributed by atoms with Crippen molar-refractivity contribution in [2.24, 2.45) is 5.73 Å². The molecule has 0 radical (unpaired) electrons. The van der Waals surface area contributed by atoms with E-state index in [2.05, 4.69) is 30.2 Å². The van der Waals surface area contributed by atoms with Gasteiger partial charge in [-0.25, -0.2) is 0 Å². The Morgan fingerprint density at radius 2 is 1.91 bits per heavy atom. The second-order valence-electron chi connectivity index (χ2n) is 9.15. The number of hydrogen-bond acceptors (Lipinski definition) is 4. The van der Waals surface area contributed by atoms with E-state index in [0.29, 0.717) is 18.7 Å². The molecule has 2 aromatic rings. The summed E-state index contributed by atoms with van der Waals surface area (Å²) in [6.07, 6.45) is 5.90. The molecule has 7 nitrogen and oxygen atoms in total. The molecule has 3 N–H and O–H groups in total. The minimum Gasteiger partial charge on any atom is -0.384 e. The van der Waals surface area contributed by atoms with Gasteiger partial charge in [-0.3, -0.25) is 15.0 Å². The molecule has 1 aromatic heterocycles. The first-order valence-electron chi connectivity index (χ1n) is 12.1. The van der Waals surface area contributed by atoms with Crippen LogP contribution in [0.4, 0.5) is 0 Å². The quantitative estimate of drug-likeness (QED) is 0.315. The third-order valence-corrected chi connectivity index (χ3v) is 7.42. The molecule has 0 bridgehead atoms. The molecule has 4 rings (SSSR count). The molecule has 0 spiro atoms.